The number of nitrogens with zero attached hydrogens (tertiary/aromatic N) is 3. The molecule has 250 valence electrons. The predicted molar refractivity (Wildman–Crippen MR) is 173 cm³/mol. The van der Waals surface area contributed by atoms with E-state index < -0.39 is 17.9 Å². The summed E-state index contributed by atoms with van der Waals surface area (Å²) in [7, 11) is 3.01. The van der Waals surface area contributed by atoms with Gasteiger partial charge in [0.05, 0.1) is 38.6 Å². The lowest BCUT2D eigenvalue weighted by atomic mass is 10.0. The fourth-order valence-electron chi connectivity index (χ4n) is 5.11. The van der Waals surface area contributed by atoms with Crippen molar-refractivity contribution in [3.63, 3.8) is 0 Å². The molecule has 0 saturated carbocycles. The fraction of sp³-hybridized carbons (Fsp3) is 0.412. The molecule has 0 spiro atoms. The summed E-state index contributed by atoms with van der Waals surface area (Å²) in [5.41, 5.74) is 1.58. The van der Waals surface area contributed by atoms with Gasteiger partial charge in [-0.15, -0.1) is 0 Å². The molecule has 2 aromatic carbocycles. The minimum absolute atomic E-state index is 0.0206. The number of rotatable bonds is 6. The molecule has 0 fully saturated rings. The first-order chi connectivity index (χ1) is 22.7. The number of benzene rings is 2. The molecule has 0 unspecified atom stereocenters. The van der Waals surface area contributed by atoms with Crippen LogP contribution in [0.5, 0.6) is 23.0 Å². The maximum Gasteiger partial charge on any atom is 0.251 e. The van der Waals surface area contributed by atoms with E-state index in [2.05, 4.69) is 25.9 Å². The molecule has 2 bridgehead atoms. The van der Waals surface area contributed by atoms with Crippen molar-refractivity contribution in [1.29, 1.82) is 0 Å². The highest BCUT2D eigenvalue weighted by molar-refractivity contribution is 5.95. The maximum absolute atomic E-state index is 13.5. The van der Waals surface area contributed by atoms with E-state index in [4.69, 9.17) is 14.2 Å². The van der Waals surface area contributed by atoms with Crippen molar-refractivity contribution in [2.24, 2.45) is 5.92 Å². The summed E-state index contributed by atoms with van der Waals surface area (Å²) in [6.07, 6.45) is 6.33. The molecule has 4 amide bonds. The number of aryl methyl sites for hydroxylation is 1. The van der Waals surface area contributed by atoms with Gasteiger partial charge in [-0.05, 0) is 55.5 Å². The van der Waals surface area contributed by atoms with E-state index in [0.717, 1.165) is 0 Å². The summed E-state index contributed by atoms with van der Waals surface area (Å²) in [4.78, 5) is 62.9. The molecule has 1 aliphatic rings. The zero-order valence-corrected chi connectivity index (χ0v) is 27.2. The molecule has 0 radical (unpaired) electrons. The molecule has 1 aromatic heterocycles. The average Bonchev–Trinajstić information content (AvgIpc) is 3.07. The molecular formula is C34H42N6O7. The molecule has 1 atom stereocenters. The van der Waals surface area contributed by atoms with Gasteiger partial charge < -0.3 is 35.1 Å². The molecule has 1 aliphatic heterocycles. The van der Waals surface area contributed by atoms with Gasteiger partial charge in [0.25, 0.3) is 5.91 Å². The van der Waals surface area contributed by atoms with E-state index in [-0.39, 0.29) is 43.8 Å². The van der Waals surface area contributed by atoms with E-state index in [0.29, 0.717) is 65.6 Å². The molecule has 0 saturated heterocycles. The maximum atomic E-state index is 13.5. The normalized spacial score (nSPS) is 16.6. The molecule has 3 N–H and O–H groups in total. The zero-order valence-electron chi connectivity index (χ0n) is 27.2. The second-order valence-electron chi connectivity index (χ2n) is 11.4. The van der Waals surface area contributed by atoms with Crippen LogP contribution < -0.4 is 30.2 Å². The summed E-state index contributed by atoms with van der Waals surface area (Å²) >= 11 is 0. The predicted octanol–water partition coefficient (Wildman–Crippen LogP) is 3.03. The highest BCUT2D eigenvalue weighted by Crippen LogP contribution is 2.37. The third-order valence-corrected chi connectivity index (χ3v) is 7.70. The van der Waals surface area contributed by atoms with Crippen LogP contribution in [0, 0.1) is 5.92 Å². The van der Waals surface area contributed by atoms with Gasteiger partial charge in [0, 0.05) is 43.7 Å². The van der Waals surface area contributed by atoms with Gasteiger partial charge in [0.15, 0.2) is 11.5 Å². The molecule has 13 nitrogen and oxygen atoms in total. The second-order valence-corrected chi connectivity index (χ2v) is 11.4. The Morgan fingerprint density at radius 3 is 2.55 bits per heavy atom. The van der Waals surface area contributed by atoms with Crippen molar-refractivity contribution < 1.29 is 33.4 Å². The van der Waals surface area contributed by atoms with Crippen molar-refractivity contribution in [3.8, 4) is 23.0 Å². The van der Waals surface area contributed by atoms with Gasteiger partial charge >= 0.3 is 0 Å². The van der Waals surface area contributed by atoms with Gasteiger partial charge in [-0.2, -0.15) is 0 Å². The SMILES string of the molecule is COc1ccc2cc1Oc1cccc(OC)c1CNC(=O)[C@@H](C(C)C)NC(=O)CN(C(=O)CCc1cnccn1)CCCCNC2=O. The van der Waals surface area contributed by atoms with E-state index in [9.17, 15) is 19.2 Å². The Morgan fingerprint density at radius 2 is 1.83 bits per heavy atom. The largest absolute Gasteiger partial charge is 0.496 e. The molecule has 2 heterocycles. The lowest BCUT2D eigenvalue weighted by Gasteiger charge is -2.26. The number of aromatic nitrogens is 2. The summed E-state index contributed by atoms with van der Waals surface area (Å²) in [5, 5.41) is 8.63. The monoisotopic (exact) mass is 646 g/mol. The number of methoxy groups -OCH3 is 2. The van der Waals surface area contributed by atoms with Crippen molar-refractivity contribution in [2.75, 3.05) is 33.9 Å². The standard InChI is InChI=1S/C34H42N6O7/c1-22(2)32-34(44)38-20-25-26(45-3)8-7-9-27(25)47-29-18-23(10-12-28(29)46-4)33(43)37-14-5-6-17-40(21-30(41)39-32)31(42)13-11-24-19-35-15-16-36-24/h7-10,12,15-16,18-19,22,32H,5-6,11,13-14,17,20-21H2,1-4H3,(H,37,43)(H,38,44)(H,39,41)/t32-/m1/s1. The first kappa shape index (κ1) is 34.7. The van der Waals surface area contributed by atoms with Crippen LogP contribution in [0.2, 0.25) is 0 Å². The number of hydrogen-bond donors (Lipinski definition) is 3. The quantitative estimate of drug-likeness (QED) is 0.366. The van der Waals surface area contributed by atoms with Gasteiger partial charge in [-0.25, -0.2) is 0 Å². The summed E-state index contributed by atoms with van der Waals surface area (Å²) in [6.45, 7) is 4.10. The fourth-order valence-corrected chi connectivity index (χ4v) is 5.11. The van der Waals surface area contributed by atoms with Crippen LogP contribution in [0.1, 0.15) is 54.7 Å². The summed E-state index contributed by atoms with van der Waals surface area (Å²) < 4.78 is 17.3. The van der Waals surface area contributed by atoms with Crippen molar-refractivity contribution in [1.82, 2.24) is 30.8 Å². The number of carbonyl (C=O) groups excluding carboxylic acids is 4. The van der Waals surface area contributed by atoms with Gasteiger partial charge in [-0.3, -0.25) is 29.1 Å². The highest BCUT2D eigenvalue weighted by Gasteiger charge is 2.27. The third-order valence-electron chi connectivity index (χ3n) is 7.70. The van der Waals surface area contributed by atoms with Crippen molar-refractivity contribution in [3.05, 3.63) is 71.8 Å². The third kappa shape index (κ3) is 9.65. The summed E-state index contributed by atoms with van der Waals surface area (Å²) in [6, 6.07) is 9.23. The molecule has 0 aliphatic carbocycles. The van der Waals surface area contributed by atoms with E-state index in [1.807, 2.05) is 13.8 Å². The Bertz CT molecular complexity index is 1550. The van der Waals surface area contributed by atoms with Crippen LogP contribution in [-0.4, -0.2) is 78.4 Å². The second kappa shape index (κ2) is 16.9. The number of nitrogens with one attached hydrogen (secondary N) is 3. The lowest BCUT2D eigenvalue weighted by molar-refractivity contribution is -0.137. The van der Waals surface area contributed by atoms with Gasteiger partial charge in [-0.1, -0.05) is 19.9 Å². The Balaban J connectivity index is 1.61. The van der Waals surface area contributed by atoms with Crippen molar-refractivity contribution in [2.45, 2.75) is 52.1 Å². The van der Waals surface area contributed by atoms with Gasteiger partial charge in [0.1, 0.15) is 17.5 Å². The smallest absolute Gasteiger partial charge is 0.251 e. The van der Waals surface area contributed by atoms with Gasteiger partial charge in [0.2, 0.25) is 17.7 Å². The summed E-state index contributed by atoms with van der Waals surface area (Å²) in [5.74, 6) is -0.0712. The number of fused-ring (bicyclic) bond motifs is 3. The zero-order chi connectivity index (χ0) is 33.8. The van der Waals surface area contributed by atoms with E-state index >= 15 is 0 Å². The molecule has 13 heteroatoms. The Kier molecular flexibility index (Phi) is 12.5. The minimum atomic E-state index is -0.865. The molecule has 4 rings (SSSR count). The topological polar surface area (TPSA) is 161 Å². The van der Waals surface area contributed by atoms with E-state index in [1.165, 1.54) is 19.1 Å². The Labute approximate surface area is 274 Å². The van der Waals surface area contributed by atoms with Crippen LogP contribution in [-0.2, 0) is 27.3 Å². The minimum Gasteiger partial charge on any atom is -0.496 e. The van der Waals surface area contributed by atoms with Crippen molar-refractivity contribution >= 4 is 23.6 Å². The van der Waals surface area contributed by atoms with Crippen LogP contribution in [0.4, 0.5) is 0 Å². The Hall–Kier alpha value is -5.20. The first-order valence-electron chi connectivity index (χ1n) is 15.6. The number of ether oxygens (including phenoxy) is 3. The Morgan fingerprint density at radius 1 is 1.02 bits per heavy atom. The molecule has 47 heavy (non-hydrogen) atoms. The van der Waals surface area contributed by atoms with E-state index in [1.54, 1.807) is 55.0 Å². The molecule has 3 aromatic rings. The highest BCUT2D eigenvalue weighted by atomic mass is 16.5. The van der Waals surface area contributed by atoms with Crippen LogP contribution in [0.3, 0.4) is 0 Å². The number of amides is 4. The number of hydrogen-bond acceptors (Lipinski definition) is 9. The van der Waals surface area contributed by atoms with Crippen LogP contribution in [0.15, 0.2) is 55.0 Å². The van der Waals surface area contributed by atoms with Crippen LogP contribution >= 0.6 is 0 Å². The lowest BCUT2D eigenvalue weighted by Crippen LogP contribution is -2.52. The first-order valence-corrected chi connectivity index (χ1v) is 15.6. The number of carbonyl (C=O) groups is 4. The average molecular weight is 647 g/mol. The van der Waals surface area contributed by atoms with Crippen LogP contribution in [0.25, 0.3) is 0 Å². The molecular weight excluding hydrogens is 604 g/mol.